The molecule has 0 atom stereocenters. The zero-order valence-electron chi connectivity index (χ0n) is 19.6. The molecule has 0 unspecified atom stereocenters. The summed E-state index contributed by atoms with van der Waals surface area (Å²) in [5.41, 5.74) is -0.683. The van der Waals surface area contributed by atoms with Crippen LogP contribution >= 0.6 is 11.3 Å². The van der Waals surface area contributed by atoms with Gasteiger partial charge >= 0.3 is 0 Å². The zero-order chi connectivity index (χ0) is 23.1. The summed E-state index contributed by atoms with van der Waals surface area (Å²) in [5, 5.41) is 13.0. The largest absolute Gasteiger partial charge is 0.512 e. The molecule has 4 nitrogen and oxygen atoms in total. The Bertz CT molecular complexity index is 1030. The second-order valence-corrected chi connectivity index (χ2v) is 9.57. The quantitative estimate of drug-likeness (QED) is 0.165. The molecular formula is C26H32IrNO3S-. The van der Waals surface area contributed by atoms with E-state index in [2.05, 4.69) is 17.1 Å². The van der Waals surface area contributed by atoms with E-state index in [4.69, 9.17) is 4.74 Å². The Morgan fingerprint density at radius 2 is 1.81 bits per heavy atom. The average Bonchev–Trinajstić information content (AvgIpc) is 3.25. The van der Waals surface area contributed by atoms with Gasteiger partial charge in [-0.05, 0) is 35.7 Å². The second kappa shape index (κ2) is 12.3. The molecule has 6 heteroatoms. The summed E-state index contributed by atoms with van der Waals surface area (Å²) >= 11 is 1.63. The monoisotopic (exact) mass is 631 g/mol. The number of pyridine rings is 1. The van der Waals surface area contributed by atoms with Crippen LogP contribution in [-0.4, -0.2) is 15.9 Å². The van der Waals surface area contributed by atoms with Crippen molar-refractivity contribution in [3.8, 4) is 11.6 Å². The van der Waals surface area contributed by atoms with Crippen LogP contribution in [0.2, 0.25) is 0 Å². The molecule has 3 rings (SSSR count). The molecule has 0 fully saturated rings. The maximum atomic E-state index is 11.8. The van der Waals surface area contributed by atoms with E-state index in [1.807, 2.05) is 77.3 Å². The van der Waals surface area contributed by atoms with Gasteiger partial charge in [0.05, 0.1) is 4.70 Å². The summed E-state index contributed by atoms with van der Waals surface area (Å²) in [5.74, 6) is 1.53. The first-order chi connectivity index (χ1) is 14.6. The molecule has 2 heterocycles. The van der Waals surface area contributed by atoms with Gasteiger partial charge in [0.1, 0.15) is 5.76 Å². The fraction of sp³-hybridized carbons (Fsp3) is 0.385. The van der Waals surface area contributed by atoms with Gasteiger partial charge in [-0.25, -0.2) is 4.98 Å². The van der Waals surface area contributed by atoms with Crippen molar-refractivity contribution in [1.82, 2.24) is 4.98 Å². The average molecular weight is 631 g/mol. The van der Waals surface area contributed by atoms with Crippen LogP contribution < -0.4 is 4.74 Å². The van der Waals surface area contributed by atoms with Gasteiger partial charge < -0.3 is 9.84 Å². The number of aliphatic hydroxyl groups is 1. The number of hydrogen-bond donors (Lipinski definition) is 1. The molecule has 1 aromatic carbocycles. The van der Waals surface area contributed by atoms with Crippen molar-refractivity contribution in [2.24, 2.45) is 10.8 Å². The molecular weight excluding hydrogens is 599 g/mol. The number of aromatic nitrogens is 1. The third kappa shape index (κ3) is 7.54. The van der Waals surface area contributed by atoms with Crippen LogP contribution in [0.1, 0.15) is 54.4 Å². The Morgan fingerprint density at radius 1 is 1.12 bits per heavy atom. The molecule has 0 saturated heterocycles. The summed E-state index contributed by atoms with van der Waals surface area (Å²) < 4.78 is 6.76. The number of para-hydroxylation sites is 1. The number of rotatable bonds is 7. The summed E-state index contributed by atoms with van der Waals surface area (Å²) in [6, 6.07) is 14.6. The fourth-order valence-electron chi connectivity index (χ4n) is 2.36. The minimum absolute atomic E-state index is 0. The van der Waals surface area contributed by atoms with E-state index >= 15 is 0 Å². The van der Waals surface area contributed by atoms with Gasteiger partial charge in [-0.2, -0.15) is 18.2 Å². The van der Waals surface area contributed by atoms with Crippen molar-refractivity contribution in [3.05, 3.63) is 65.9 Å². The van der Waals surface area contributed by atoms with Gasteiger partial charge in [-0.1, -0.05) is 41.5 Å². The van der Waals surface area contributed by atoms with Gasteiger partial charge in [0.25, 0.3) is 0 Å². The van der Waals surface area contributed by atoms with Crippen LogP contribution in [-0.2, 0) is 24.9 Å². The molecule has 3 aromatic rings. The first-order valence-corrected chi connectivity index (χ1v) is 11.4. The minimum atomic E-state index is -0.377. The Morgan fingerprint density at radius 3 is 2.41 bits per heavy atom. The van der Waals surface area contributed by atoms with Gasteiger partial charge in [0.15, 0.2) is 5.78 Å². The van der Waals surface area contributed by atoms with E-state index in [1.54, 1.807) is 17.5 Å². The fourth-order valence-corrected chi connectivity index (χ4v) is 3.17. The molecule has 32 heavy (non-hydrogen) atoms. The van der Waals surface area contributed by atoms with Gasteiger partial charge in [0.2, 0.25) is 5.88 Å². The Kier molecular flexibility index (Phi) is 10.8. The Balaban J connectivity index is 0.000000312. The third-order valence-corrected chi connectivity index (χ3v) is 6.54. The maximum absolute atomic E-state index is 11.8. The molecule has 0 amide bonds. The topological polar surface area (TPSA) is 59.4 Å². The molecule has 0 spiro atoms. The van der Waals surface area contributed by atoms with Crippen molar-refractivity contribution in [2.75, 3.05) is 0 Å². The minimum Gasteiger partial charge on any atom is -0.512 e. The van der Waals surface area contributed by atoms with Crippen molar-refractivity contribution in [2.45, 2.75) is 54.4 Å². The number of benzene rings is 1. The molecule has 175 valence electrons. The normalized spacial score (nSPS) is 11.9. The first-order valence-electron chi connectivity index (χ1n) is 10.5. The summed E-state index contributed by atoms with van der Waals surface area (Å²) in [6.07, 6.45) is 4.75. The molecule has 0 aliphatic rings. The molecule has 0 bridgehead atoms. The number of thiophene rings is 1. The van der Waals surface area contributed by atoms with Crippen molar-refractivity contribution in [3.63, 3.8) is 0 Å². The van der Waals surface area contributed by atoms with E-state index in [0.717, 1.165) is 22.9 Å². The van der Waals surface area contributed by atoms with Crippen LogP contribution in [0.15, 0.2) is 59.8 Å². The van der Waals surface area contributed by atoms with Gasteiger partial charge in [-0.3, -0.25) is 4.79 Å². The summed E-state index contributed by atoms with van der Waals surface area (Å²) in [7, 11) is 0. The van der Waals surface area contributed by atoms with E-state index < -0.39 is 0 Å². The number of hydrogen-bond acceptors (Lipinski definition) is 5. The molecule has 0 aliphatic carbocycles. The number of ketones is 1. The third-order valence-electron chi connectivity index (χ3n) is 5.62. The zero-order valence-corrected chi connectivity index (χ0v) is 22.8. The molecule has 0 aliphatic heterocycles. The molecule has 1 N–H and O–H groups in total. The van der Waals surface area contributed by atoms with Crippen LogP contribution in [0.4, 0.5) is 0 Å². The number of fused-ring (bicyclic) bond motifs is 1. The number of aliphatic hydroxyl groups excluding tert-OH is 1. The Labute approximate surface area is 209 Å². The van der Waals surface area contributed by atoms with Crippen molar-refractivity contribution >= 4 is 27.2 Å². The number of carbonyl (C=O) groups is 1. The summed E-state index contributed by atoms with van der Waals surface area (Å²) in [6.45, 7) is 11.7. The van der Waals surface area contributed by atoms with Crippen LogP contribution in [0, 0.1) is 16.9 Å². The summed E-state index contributed by atoms with van der Waals surface area (Å²) in [4.78, 5) is 16.1. The molecule has 0 saturated carbocycles. The molecule has 2 aromatic heterocycles. The van der Waals surface area contributed by atoms with Crippen LogP contribution in [0.3, 0.4) is 0 Å². The molecule has 1 radical (unpaired) electrons. The van der Waals surface area contributed by atoms with Crippen LogP contribution in [0.5, 0.6) is 11.6 Å². The van der Waals surface area contributed by atoms with Gasteiger partial charge in [0, 0.05) is 49.0 Å². The second-order valence-electron chi connectivity index (χ2n) is 8.65. The smallest absolute Gasteiger partial charge is 0.235 e. The maximum Gasteiger partial charge on any atom is 0.235 e. The standard InChI is InChI=1S/C13H8NOS.C13H24O2.Ir/c1-2-4-11(5-3-1)15-13-12-10(6-8-14-13)7-9-16-12;1-7-12(3,4)10(14)9-11(15)13(5,6)8-2;/h1-4,6-9H;9,14H,7-8H2,1-6H3;/q-1;;/b;10-9-;. The number of carbonyl (C=O) groups excluding carboxylic acids is 1. The van der Waals surface area contributed by atoms with E-state index in [9.17, 15) is 9.90 Å². The Hall–Kier alpha value is -2.01. The van der Waals surface area contributed by atoms with Crippen LogP contribution in [0.25, 0.3) is 10.1 Å². The van der Waals surface area contributed by atoms with Crippen molar-refractivity contribution in [1.29, 1.82) is 0 Å². The number of nitrogens with zero attached hydrogens (tertiary/aromatic N) is 1. The number of ether oxygens (including phenoxy) is 1. The predicted octanol–water partition coefficient (Wildman–Crippen LogP) is 7.76. The van der Waals surface area contributed by atoms with E-state index in [1.165, 1.54) is 6.08 Å². The van der Waals surface area contributed by atoms with E-state index in [0.29, 0.717) is 11.6 Å². The predicted molar refractivity (Wildman–Crippen MR) is 129 cm³/mol. The number of allylic oxidation sites excluding steroid dienone is 2. The first kappa shape index (κ1) is 28.0. The van der Waals surface area contributed by atoms with Gasteiger partial charge in [-0.15, -0.1) is 23.5 Å². The SMILES string of the molecule is CCC(C)(C)C(=O)/C=C(\O)C(C)(C)CC.[Ir].[c-]1ccccc1Oc1nccc2ccsc12. The van der Waals surface area contributed by atoms with Crippen molar-refractivity contribution < 1.29 is 34.7 Å². The van der Waals surface area contributed by atoms with E-state index in [-0.39, 0.29) is 42.5 Å².